The number of carbonyl (C=O) groups excluding carboxylic acids is 1. The number of pyridine rings is 1. The number of benzene rings is 1. The first-order valence-corrected chi connectivity index (χ1v) is 9.45. The summed E-state index contributed by atoms with van der Waals surface area (Å²) in [5.41, 5.74) is 3.99. The normalized spacial score (nSPS) is 20.2. The van der Waals surface area contributed by atoms with Gasteiger partial charge in [-0.15, -0.1) is 10.2 Å². The van der Waals surface area contributed by atoms with Gasteiger partial charge in [-0.05, 0) is 49.2 Å². The molecule has 0 bridgehead atoms. The standard InChI is InChI=1S/C21H18F3N5O2/c22-11-8-21(9-11,19-14(24)2-1-7-26-19)10-27-16-6-5-15(28-29-16)17-13(23)4-3-12(18(17)30)20(25)31/h1-7,11,30H,8-10H2,(H2,25,31)(H,27,29). The number of alkyl halides is 1. The van der Waals surface area contributed by atoms with Crippen LogP contribution >= 0.6 is 0 Å². The Kier molecular flexibility index (Phi) is 5.22. The largest absolute Gasteiger partial charge is 0.506 e. The molecule has 0 atom stereocenters. The number of primary amides is 1. The first-order valence-electron chi connectivity index (χ1n) is 9.45. The zero-order valence-corrected chi connectivity index (χ0v) is 16.1. The van der Waals surface area contributed by atoms with Crippen LogP contribution < -0.4 is 11.1 Å². The minimum Gasteiger partial charge on any atom is -0.506 e. The molecule has 1 aliphatic carbocycles. The zero-order valence-electron chi connectivity index (χ0n) is 16.1. The molecule has 2 heterocycles. The Balaban J connectivity index is 1.55. The lowest BCUT2D eigenvalue weighted by Crippen LogP contribution is -2.49. The van der Waals surface area contributed by atoms with Gasteiger partial charge in [-0.25, -0.2) is 13.2 Å². The molecule has 1 fully saturated rings. The molecular formula is C21H18F3N5O2. The predicted octanol–water partition coefficient (Wildman–Crippen LogP) is 3.10. The van der Waals surface area contributed by atoms with Crippen molar-refractivity contribution in [2.75, 3.05) is 11.9 Å². The van der Waals surface area contributed by atoms with Crippen molar-refractivity contribution >= 4 is 11.7 Å². The number of hydrogen-bond donors (Lipinski definition) is 3. The van der Waals surface area contributed by atoms with Crippen LogP contribution in [-0.2, 0) is 5.41 Å². The number of phenols is 1. The maximum absolute atomic E-state index is 14.2. The highest BCUT2D eigenvalue weighted by Crippen LogP contribution is 2.45. The fourth-order valence-corrected chi connectivity index (χ4v) is 3.81. The Morgan fingerprint density at radius 3 is 2.55 bits per heavy atom. The van der Waals surface area contributed by atoms with Gasteiger partial charge in [0.05, 0.1) is 22.5 Å². The highest BCUT2D eigenvalue weighted by molar-refractivity contribution is 5.98. The van der Waals surface area contributed by atoms with Crippen molar-refractivity contribution in [1.82, 2.24) is 15.2 Å². The fourth-order valence-electron chi connectivity index (χ4n) is 3.81. The molecule has 1 aliphatic rings. The first kappa shape index (κ1) is 20.6. The quantitative estimate of drug-likeness (QED) is 0.555. The van der Waals surface area contributed by atoms with E-state index < -0.39 is 34.9 Å². The van der Waals surface area contributed by atoms with Crippen LogP contribution in [0.25, 0.3) is 11.3 Å². The fraction of sp³-hybridized carbons (Fsp3) is 0.238. The molecule has 7 nitrogen and oxygen atoms in total. The molecule has 31 heavy (non-hydrogen) atoms. The van der Waals surface area contributed by atoms with Crippen LogP contribution in [0.2, 0.25) is 0 Å². The summed E-state index contributed by atoms with van der Waals surface area (Å²) in [4.78, 5) is 15.5. The summed E-state index contributed by atoms with van der Waals surface area (Å²) in [7, 11) is 0. The van der Waals surface area contributed by atoms with Crippen LogP contribution in [-0.4, -0.2) is 38.9 Å². The number of anilines is 1. The molecule has 160 valence electrons. The molecule has 0 aliphatic heterocycles. The van der Waals surface area contributed by atoms with E-state index >= 15 is 0 Å². The Labute approximate surface area is 175 Å². The van der Waals surface area contributed by atoms with E-state index in [1.165, 1.54) is 30.5 Å². The van der Waals surface area contributed by atoms with Crippen LogP contribution in [0.3, 0.4) is 0 Å². The number of halogens is 3. The third kappa shape index (κ3) is 3.76. The summed E-state index contributed by atoms with van der Waals surface area (Å²) < 4.78 is 42.1. The molecule has 0 saturated heterocycles. The molecule has 1 saturated carbocycles. The molecule has 1 amide bonds. The molecule has 4 rings (SSSR count). The highest BCUT2D eigenvalue weighted by atomic mass is 19.1. The van der Waals surface area contributed by atoms with Crippen molar-refractivity contribution in [3.8, 4) is 17.0 Å². The van der Waals surface area contributed by atoms with Crippen molar-refractivity contribution in [2.45, 2.75) is 24.4 Å². The van der Waals surface area contributed by atoms with E-state index in [2.05, 4.69) is 20.5 Å². The van der Waals surface area contributed by atoms with Crippen molar-refractivity contribution in [2.24, 2.45) is 5.73 Å². The lowest BCUT2D eigenvalue weighted by atomic mass is 9.65. The molecule has 3 aromatic rings. The SMILES string of the molecule is NC(=O)c1ccc(F)c(-c2ccc(NCC3(c4ncccc4F)CC(F)C3)nn2)c1O. The summed E-state index contributed by atoms with van der Waals surface area (Å²) in [6.07, 6.45) is 0.665. The van der Waals surface area contributed by atoms with Crippen LogP contribution in [0, 0.1) is 11.6 Å². The lowest BCUT2D eigenvalue weighted by molar-refractivity contribution is 0.0963. The predicted molar refractivity (Wildman–Crippen MR) is 106 cm³/mol. The van der Waals surface area contributed by atoms with Gasteiger partial charge in [0.2, 0.25) is 0 Å². The van der Waals surface area contributed by atoms with Crippen molar-refractivity contribution in [1.29, 1.82) is 0 Å². The van der Waals surface area contributed by atoms with Gasteiger partial charge in [-0.2, -0.15) is 0 Å². The second-order valence-electron chi connectivity index (χ2n) is 7.46. The van der Waals surface area contributed by atoms with E-state index in [-0.39, 0.29) is 47.7 Å². The second kappa shape index (κ2) is 7.86. The highest BCUT2D eigenvalue weighted by Gasteiger charge is 2.48. The number of nitrogens with two attached hydrogens (primary N) is 1. The molecule has 0 spiro atoms. The van der Waals surface area contributed by atoms with E-state index in [1.54, 1.807) is 0 Å². The van der Waals surface area contributed by atoms with Gasteiger partial charge in [0.25, 0.3) is 5.91 Å². The topological polar surface area (TPSA) is 114 Å². The van der Waals surface area contributed by atoms with Crippen molar-refractivity contribution < 1.29 is 23.1 Å². The molecule has 10 heteroatoms. The Hall–Kier alpha value is -3.69. The summed E-state index contributed by atoms with van der Waals surface area (Å²) in [5.74, 6) is -2.56. The zero-order chi connectivity index (χ0) is 22.2. The molecule has 4 N–H and O–H groups in total. The van der Waals surface area contributed by atoms with Gasteiger partial charge in [-0.1, -0.05) is 0 Å². The van der Waals surface area contributed by atoms with Crippen LogP contribution in [0.1, 0.15) is 28.9 Å². The number of nitrogens with zero attached hydrogens (tertiary/aromatic N) is 3. The average molecular weight is 429 g/mol. The summed E-state index contributed by atoms with van der Waals surface area (Å²) >= 11 is 0. The molecule has 2 aromatic heterocycles. The van der Waals surface area contributed by atoms with E-state index in [0.717, 1.165) is 12.1 Å². The second-order valence-corrected chi connectivity index (χ2v) is 7.46. The van der Waals surface area contributed by atoms with Crippen LogP contribution in [0.15, 0.2) is 42.6 Å². The van der Waals surface area contributed by atoms with E-state index in [4.69, 9.17) is 5.73 Å². The minimum absolute atomic E-state index is 0.0124. The van der Waals surface area contributed by atoms with Gasteiger partial charge in [0, 0.05) is 18.2 Å². The molecule has 0 radical (unpaired) electrons. The number of hydrogen-bond acceptors (Lipinski definition) is 6. The van der Waals surface area contributed by atoms with Crippen LogP contribution in [0.5, 0.6) is 5.75 Å². The van der Waals surface area contributed by atoms with Crippen molar-refractivity contribution in [3.05, 3.63) is 65.5 Å². The number of carbonyl (C=O) groups is 1. The van der Waals surface area contributed by atoms with Gasteiger partial charge < -0.3 is 16.2 Å². The number of nitrogens with one attached hydrogen (secondary N) is 1. The number of aromatic hydroxyl groups is 1. The third-order valence-electron chi connectivity index (χ3n) is 5.41. The average Bonchev–Trinajstić information content (AvgIpc) is 2.71. The smallest absolute Gasteiger partial charge is 0.252 e. The summed E-state index contributed by atoms with van der Waals surface area (Å²) in [5, 5.41) is 21.0. The van der Waals surface area contributed by atoms with Crippen molar-refractivity contribution in [3.63, 3.8) is 0 Å². The van der Waals surface area contributed by atoms with E-state index in [0.29, 0.717) is 0 Å². The number of rotatable bonds is 6. The Morgan fingerprint density at radius 1 is 1.16 bits per heavy atom. The van der Waals surface area contributed by atoms with E-state index in [1.807, 2.05) is 0 Å². The Bertz CT molecular complexity index is 1130. The van der Waals surface area contributed by atoms with Crippen LogP contribution in [0.4, 0.5) is 19.0 Å². The number of amides is 1. The number of aromatic nitrogens is 3. The summed E-state index contributed by atoms with van der Waals surface area (Å²) in [6.45, 7) is 0.173. The molecule has 1 aromatic carbocycles. The Morgan fingerprint density at radius 2 is 1.94 bits per heavy atom. The van der Waals surface area contributed by atoms with Gasteiger partial charge in [0.15, 0.2) is 0 Å². The van der Waals surface area contributed by atoms with Gasteiger partial charge >= 0.3 is 0 Å². The van der Waals surface area contributed by atoms with Gasteiger partial charge in [0.1, 0.15) is 29.4 Å². The maximum Gasteiger partial charge on any atom is 0.252 e. The maximum atomic E-state index is 14.2. The minimum atomic E-state index is -1.04. The van der Waals surface area contributed by atoms with E-state index in [9.17, 15) is 23.1 Å². The lowest BCUT2D eigenvalue weighted by Gasteiger charge is -2.44. The summed E-state index contributed by atoms with van der Waals surface area (Å²) in [6, 6.07) is 7.70. The molecular weight excluding hydrogens is 411 g/mol. The first-order chi connectivity index (χ1) is 14.8. The monoisotopic (exact) mass is 429 g/mol. The molecule has 0 unspecified atom stereocenters. The third-order valence-corrected chi connectivity index (χ3v) is 5.41. The van der Waals surface area contributed by atoms with Gasteiger partial charge in [-0.3, -0.25) is 9.78 Å².